The van der Waals surface area contributed by atoms with E-state index in [0.717, 1.165) is 13.1 Å². The Kier molecular flexibility index (Phi) is 5.80. The van der Waals surface area contributed by atoms with Crippen molar-refractivity contribution >= 4 is 17.3 Å². The van der Waals surface area contributed by atoms with Crippen LogP contribution in [-0.2, 0) is 50.7 Å². The Balaban J connectivity index is 0.00000280. The molecule has 2 heterocycles. The molecule has 0 spiro atoms. The fraction of sp³-hybridized carbons (Fsp3) is 0.214. The van der Waals surface area contributed by atoms with Gasteiger partial charge in [-0.05, 0) is 0 Å². The molecule has 145 valence electrons. The Morgan fingerprint density at radius 1 is 1.32 bits per heavy atom. The molecule has 1 amide bonds. The predicted molar refractivity (Wildman–Crippen MR) is 81.9 cm³/mol. The fourth-order valence-corrected chi connectivity index (χ4v) is 2.51. The van der Waals surface area contributed by atoms with E-state index in [1.807, 2.05) is 0 Å². The Morgan fingerprint density at radius 3 is 2.54 bits per heavy atom. The third kappa shape index (κ3) is 3.59. The number of ether oxygens (including phenoxy) is 1. The number of carbonyl (C=O) groups excluding carboxylic acids is 1. The molecule has 0 saturated carbocycles. The van der Waals surface area contributed by atoms with Gasteiger partial charge in [0.1, 0.15) is 5.69 Å². The summed E-state index contributed by atoms with van der Waals surface area (Å²) in [5.41, 5.74) is -6.53. The van der Waals surface area contributed by atoms with Crippen LogP contribution in [0.1, 0.15) is 5.69 Å². The second-order valence-corrected chi connectivity index (χ2v) is 5.36. The maximum atomic E-state index is 12.9. The number of aromatic nitrogens is 2. The molecule has 0 bridgehead atoms. The van der Waals surface area contributed by atoms with Crippen molar-refractivity contribution in [2.45, 2.75) is 6.18 Å². The Bertz CT molecular complexity index is 1110. The van der Waals surface area contributed by atoms with Crippen LogP contribution >= 0.6 is 0 Å². The molecule has 0 aliphatic carbocycles. The van der Waals surface area contributed by atoms with Crippen molar-refractivity contribution in [1.29, 1.82) is 0 Å². The van der Waals surface area contributed by atoms with Crippen LogP contribution in [-0.4, -0.2) is 26.6 Å². The number of halogens is 3. The SMILES string of the molecule is Cn1c(C(F)(F)F)cc(=O)n(-c2[c-]cc3c(c2[N+](=O)[O-])NC(=O)CO3)c1=O.[Y]. The second kappa shape index (κ2) is 7.47. The molecule has 1 aromatic carbocycles. The molecule has 0 saturated heterocycles. The summed E-state index contributed by atoms with van der Waals surface area (Å²) in [6, 6.07) is 3.46. The zero-order valence-corrected chi connectivity index (χ0v) is 16.7. The zero-order chi connectivity index (χ0) is 20.1. The molecule has 28 heavy (non-hydrogen) atoms. The van der Waals surface area contributed by atoms with Gasteiger partial charge in [-0.15, -0.1) is 12.1 Å². The van der Waals surface area contributed by atoms with Crippen molar-refractivity contribution in [1.82, 2.24) is 9.13 Å². The molecule has 1 radical (unpaired) electrons. The first kappa shape index (κ1) is 21.8. The van der Waals surface area contributed by atoms with Crippen LogP contribution in [0, 0.1) is 16.2 Å². The normalized spacial score (nSPS) is 13.1. The number of nitro groups is 1. The summed E-state index contributed by atoms with van der Waals surface area (Å²) in [5.74, 6) is -0.864. The second-order valence-electron chi connectivity index (χ2n) is 5.36. The van der Waals surface area contributed by atoms with Gasteiger partial charge in [-0.3, -0.25) is 24.3 Å². The van der Waals surface area contributed by atoms with Crippen LogP contribution in [0.2, 0.25) is 0 Å². The molecule has 0 atom stereocenters. The number of amides is 1. The smallest absolute Gasteiger partial charge is 0.431 e. The van der Waals surface area contributed by atoms with E-state index in [1.54, 1.807) is 0 Å². The van der Waals surface area contributed by atoms with Crippen LogP contribution in [0.5, 0.6) is 5.75 Å². The third-order valence-corrected chi connectivity index (χ3v) is 3.69. The molecule has 2 aromatic rings. The summed E-state index contributed by atoms with van der Waals surface area (Å²) in [6.07, 6.45) is -4.99. The van der Waals surface area contributed by atoms with Crippen LogP contribution in [0.4, 0.5) is 24.5 Å². The van der Waals surface area contributed by atoms with Crippen LogP contribution in [0.3, 0.4) is 0 Å². The number of alkyl halides is 3. The summed E-state index contributed by atoms with van der Waals surface area (Å²) in [6.45, 7) is -0.417. The van der Waals surface area contributed by atoms with E-state index in [-0.39, 0.29) is 53.7 Å². The van der Waals surface area contributed by atoms with Gasteiger partial charge in [-0.1, -0.05) is 0 Å². The number of nitrogens with zero attached hydrogens (tertiary/aromatic N) is 3. The molecule has 3 rings (SSSR count). The quantitative estimate of drug-likeness (QED) is 0.386. The first-order valence-electron chi connectivity index (χ1n) is 7.08. The van der Waals surface area contributed by atoms with Gasteiger partial charge >= 0.3 is 11.9 Å². The van der Waals surface area contributed by atoms with E-state index in [9.17, 15) is 37.7 Å². The number of fused-ring (bicyclic) bond motifs is 1. The van der Waals surface area contributed by atoms with Crippen LogP contribution in [0.25, 0.3) is 5.69 Å². The van der Waals surface area contributed by atoms with Crippen molar-refractivity contribution in [3.63, 3.8) is 0 Å². The molecular formula is C14H8F3N4O6Y-. The number of nitrogens with one attached hydrogen (secondary N) is 1. The number of carbonyl (C=O) groups is 1. The summed E-state index contributed by atoms with van der Waals surface area (Å²) >= 11 is 0. The Morgan fingerprint density at radius 2 is 1.96 bits per heavy atom. The number of hydrogen-bond acceptors (Lipinski definition) is 6. The predicted octanol–water partition coefficient (Wildman–Crippen LogP) is 0.592. The minimum atomic E-state index is -4.99. The van der Waals surface area contributed by atoms with Crippen LogP contribution in [0.15, 0.2) is 21.7 Å². The molecule has 0 fully saturated rings. The number of hydrogen-bond donors (Lipinski definition) is 1. The summed E-state index contributed by atoms with van der Waals surface area (Å²) in [7, 11) is 0.760. The van der Waals surface area contributed by atoms with Gasteiger partial charge in [0, 0.05) is 62.2 Å². The van der Waals surface area contributed by atoms with Gasteiger partial charge < -0.3 is 10.1 Å². The molecular weight excluding hydrogens is 466 g/mol. The minimum absolute atomic E-state index is 0. The number of rotatable bonds is 2. The molecule has 1 aliphatic heterocycles. The molecule has 14 heteroatoms. The average Bonchev–Trinajstić information content (AvgIpc) is 2.56. The van der Waals surface area contributed by atoms with Crippen molar-refractivity contribution in [2.24, 2.45) is 7.05 Å². The fourth-order valence-electron chi connectivity index (χ4n) is 2.51. The standard InChI is InChI=1S/C14H8F3N4O6.Y/c1-19-8(14(15,16)17)4-10(23)20(13(19)24)6-2-3-7-11(12(6)21(25)26)18-9(22)5-27-7;/h3-4H,5H2,1H3,(H,18,22);/q-1;. The monoisotopic (exact) mass is 474 g/mol. The molecule has 1 N–H and O–H groups in total. The van der Waals surface area contributed by atoms with Gasteiger partial charge in [-0.2, -0.15) is 13.2 Å². The van der Waals surface area contributed by atoms with Crippen LogP contribution < -0.4 is 21.3 Å². The molecule has 0 unspecified atom stereocenters. The number of nitro benzene ring substituents is 1. The van der Waals surface area contributed by atoms with E-state index < -0.39 is 57.6 Å². The summed E-state index contributed by atoms with van der Waals surface area (Å²) in [4.78, 5) is 46.4. The van der Waals surface area contributed by atoms with Crippen molar-refractivity contribution in [2.75, 3.05) is 11.9 Å². The largest absolute Gasteiger partial charge is 0.539 e. The van der Waals surface area contributed by atoms with E-state index >= 15 is 0 Å². The van der Waals surface area contributed by atoms with E-state index in [4.69, 9.17) is 4.74 Å². The molecule has 1 aromatic heterocycles. The van der Waals surface area contributed by atoms with E-state index in [1.165, 1.54) is 0 Å². The van der Waals surface area contributed by atoms with Crippen molar-refractivity contribution in [3.05, 3.63) is 54.8 Å². The third-order valence-electron chi connectivity index (χ3n) is 3.69. The van der Waals surface area contributed by atoms with Crippen molar-refractivity contribution in [3.8, 4) is 11.4 Å². The molecule has 10 nitrogen and oxygen atoms in total. The number of benzene rings is 1. The maximum Gasteiger partial charge on any atom is 0.431 e. The zero-order valence-electron chi connectivity index (χ0n) is 13.9. The minimum Gasteiger partial charge on any atom is -0.539 e. The first-order chi connectivity index (χ1) is 12.5. The van der Waals surface area contributed by atoms with Gasteiger partial charge in [0.15, 0.2) is 6.61 Å². The van der Waals surface area contributed by atoms with E-state index in [2.05, 4.69) is 11.4 Å². The molecule has 1 aliphatic rings. The number of anilines is 1. The van der Waals surface area contributed by atoms with Gasteiger partial charge in [-0.25, -0.2) is 9.36 Å². The van der Waals surface area contributed by atoms with E-state index in [0.29, 0.717) is 0 Å². The first-order valence-corrected chi connectivity index (χ1v) is 7.08. The Labute approximate surface area is 177 Å². The maximum absolute atomic E-state index is 12.9. The average molecular weight is 474 g/mol. The van der Waals surface area contributed by atoms with Gasteiger partial charge in [0.25, 0.3) is 11.5 Å². The Hall–Kier alpha value is -2.54. The van der Waals surface area contributed by atoms with Gasteiger partial charge in [0.2, 0.25) is 5.69 Å². The topological polar surface area (TPSA) is 125 Å². The van der Waals surface area contributed by atoms with Crippen molar-refractivity contribution < 1.29 is 60.3 Å². The summed E-state index contributed by atoms with van der Waals surface area (Å²) < 4.78 is 44.1. The van der Waals surface area contributed by atoms with Gasteiger partial charge in [0.05, 0.1) is 5.69 Å². The summed E-state index contributed by atoms with van der Waals surface area (Å²) in [5, 5.41) is 13.7.